The Hall–Kier alpha value is -2.25. The predicted octanol–water partition coefficient (Wildman–Crippen LogP) is 1.31. The molecule has 0 aliphatic rings. The van der Waals surface area contributed by atoms with E-state index in [1.807, 2.05) is 0 Å². The number of alkyl halides is 2. The van der Waals surface area contributed by atoms with Gasteiger partial charge in [0.25, 0.3) is 12.0 Å². The molecule has 148 valence electrons. The Morgan fingerprint density at radius 1 is 1.30 bits per heavy atom. The fourth-order valence-corrected chi connectivity index (χ4v) is 4.28. The van der Waals surface area contributed by atoms with E-state index in [0.29, 0.717) is 11.3 Å². The Labute approximate surface area is 157 Å². The van der Waals surface area contributed by atoms with Gasteiger partial charge in [-0.1, -0.05) is 25.2 Å². The summed E-state index contributed by atoms with van der Waals surface area (Å²) in [6, 6.07) is 2.22. The molecule has 0 unspecified atom stereocenters. The Kier molecular flexibility index (Phi) is 6.73. The second kappa shape index (κ2) is 8.63. The molecule has 2 aromatic heterocycles. The molecule has 0 spiro atoms. The zero-order valence-corrected chi connectivity index (χ0v) is 16.1. The molecule has 0 fully saturated rings. The normalized spacial score (nSPS) is 11.9. The number of amides is 1. The van der Waals surface area contributed by atoms with Crippen LogP contribution in [-0.2, 0) is 21.4 Å². The average Bonchev–Trinajstić information content (AvgIpc) is 3.06. The van der Waals surface area contributed by atoms with Gasteiger partial charge in [-0.3, -0.25) is 14.9 Å². The van der Waals surface area contributed by atoms with Gasteiger partial charge < -0.3 is 4.57 Å². The molecule has 0 saturated heterocycles. The van der Waals surface area contributed by atoms with Crippen LogP contribution in [-0.4, -0.2) is 46.5 Å². The molecule has 0 radical (unpaired) electrons. The van der Waals surface area contributed by atoms with Crippen LogP contribution < -0.4 is 10.9 Å². The number of aromatic nitrogens is 3. The number of nitrogens with one attached hydrogen (secondary N) is 1. The van der Waals surface area contributed by atoms with E-state index >= 15 is 0 Å². The maximum atomic E-state index is 12.5. The van der Waals surface area contributed by atoms with Gasteiger partial charge >= 0.3 is 0 Å². The summed E-state index contributed by atoms with van der Waals surface area (Å²) in [4.78, 5) is 23.8. The van der Waals surface area contributed by atoms with Crippen LogP contribution in [0.1, 0.15) is 25.3 Å². The van der Waals surface area contributed by atoms with Crippen molar-refractivity contribution in [2.24, 2.45) is 0 Å². The molecular weight excluding hydrogens is 404 g/mol. The minimum Gasteiger partial charge on any atom is -0.305 e. The third kappa shape index (κ3) is 4.93. The van der Waals surface area contributed by atoms with E-state index in [1.165, 1.54) is 10.4 Å². The van der Waals surface area contributed by atoms with Crippen LogP contribution in [0.25, 0.3) is 0 Å². The molecule has 0 aliphatic carbocycles. The molecule has 0 bridgehead atoms. The molecule has 2 rings (SSSR count). The number of halogens is 2. The summed E-state index contributed by atoms with van der Waals surface area (Å²) in [6.07, 6.45) is -1.74. The van der Waals surface area contributed by atoms with Crippen molar-refractivity contribution in [3.63, 3.8) is 0 Å². The van der Waals surface area contributed by atoms with Crippen LogP contribution in [0, 0.1) is 0 Å². The lowest BCUT2D eigenvalue weighted by atomic mass is 10.4. The third-order valence-corrected chi connectivity index (χ3v) is 6.37. The van der Waals surface area contributed by atoms with E-state index in [0.717, 1.165) is 16.8 Å². The van der Waals surface area contributed by atoms with Gasteiger partial charge in [0.1, 0.15) is 6.54 Å². The Morgan fingerprint density at radius 2 is 1.96 bits per heavy atom. The number of carbonyl (C=O) groups excluding carboxylic acids is 1. The van der Waals surface area contributed by atoms with Crippen molar-refractivity contribution in [3.05, 3.63) is 33.7 Å². The number of sulfonamides is 1. The van der Waals surface area contributed by atoms with E-state index < -0.39 is 39.5 Å². The molecule has 27 heavy (non-hydrogen) atoms. The molecule has 2 aromatic rings. The van der Waals surface area contributed by atoms with Crippen molar-refractivity contribution in [1.29, 1.82) is 0 Å². The van der Waals surface area contributed by atoms with Crippen molar-refractivity contribution in [3.8, 4) is 0 Å². The summed E-state index contributed by atoms with van der Waals surface area (Å²) in [5, 5.41) is 8.20. The number of pyridine rings is 1. The molecule has 0 aromatic carbocycles. The largest absolute Gasteiger partial charge is 0.305 e. The maximum Gasteiger partial charge on any atom is 0.291 e. The first-order valence-corrected chi connectivity index (χ1v) is 10.1. The van der Waals surface area contributed by atoms with E-state index in [9.17, 15) is 26.8 Å². The Morgan fingerprint density at radius 3 is 2.52 bits per heavy atom. The van der Waals surface area contributed by atoms with Crippen molar-refractivity contribution < 1.29 is 22.0 Å². The fourth-order valence-electron chi connectivity index (χ4n) is 2.18. The minimum absolute atomic E-state index is 0.130. The van der Waals surface area contributed by atoms with Crippen LogP contribution >= 0.6 is 11.3 Å². The lowest BCUT2D eigenvalue weighted by Gasteiger charge is -2.18. The van der Waals surface area contributed by atoms with Crippen LogP contribution in [0.5, 0.6) is 0 Å². The summed E-state index contributed by atoms with van der Waals surface area (Å²) in [5.74, 6) is -0.730. The van der Waals surface area contributed by atoms with Gasteiger partial charge in [-0.2, -0.15) is 4.31 Å². The van der Waals surface area contributed by atoms with Gasteiger partial charge in [0, 0.05) is 25.4 Å². The molecule has 0 atom stereocenters. The predicted molar refractivity (Wildman–Crippen MR) is 94.3 cm³/mol. The standard InChI is InChI=1S/C14H17F2N5O4S2/c1-3-21(4-2)27(24,25)9-5-6-11(23)20(7-9)8-10(22)17-14-19-18-13(26-14)12(15)16/h5-7,12H,3-4,8H2,1-2H3,(H,17,19,22). The van der Waals surface area contributed by atoms with Crippen molar-refractivity contribution in [2.45, 2.75) is 31.7 Å². The molecule has 1 N–H and O–H groups in total. The number of hydrogen-bond donors (Lipinski definition) is 1. The topological polar surface area (TPSA) is 114 Å². The van der Waals surface area contributed by atoms with Crippen LogP contribution in [0.2, 0.25) is 0 Å². The highest BCUT2D eigenvalue weighted by Crippen LogP contribution is 2.25. The van der Waals surface area contributed by atoms with E-state index in [-0.39, 0.29) is 23.1 Å². The number of rotatable bonds is 8. The van der Waals surface area contributed by atoms with Crippen molar-refractivity contribution >= 4 is 32.4 Å². The van der Waals surface area contributed by atoms with Gasteiger partial charge in [0.2, 0.25) is 21.1 Å². The molecular formula is C14H17F2N5O4S2. The second-order valence-electron chi connectivity index (χ2n) is 5.21. The van der Waals surface area contributed by atoms with Gasteiger partial charge in [0.05, 0.1) is 4.90 Å². The van der Waals surface area contributed by atoms with E-state index in [2.05, 4.69) is 15.5 Å². The molecule has 13 heteroatoms. The van der Waals surface area contributed by atoms with Gasteiger partial charge in [-0.15, -0.1) is 10.2 Å². The summed E-state index contributed by atoms with van der Waals surface area (Å²) in [6.45, 7) is 3.36. The molecule has 0 saturated carbocycles. The summed E-state index contributed by atoms with van der Waals surface area (Å²) in [5.41, 5.74) is -0.589. The maximum absolute atomic E-state index is 12.5. The third-order valence-electron chi connectivity index (χ3n) is 3.49. The first-order chi connectivity index (χ1) is 12.7. The van der Waals surface area contributed by atoms with E-state index in [4.69, 9.17) is 0 Å². The first-order valence-electron chi connectivity index (χ1n) is 7.81. The number of nitrogens with zero attached hydrogens (tertiary/aromatic N) is 4. The molecule has 2 heterocycles. The summed E-state index contributed by atoms with van der Waals surface area (Å²) >= 11 is 0.507. The molecule has 9 nitrogen and oxygen atoms in total. The van der Waals surface area contributed by atoms with Gasteiger partial charge in [0.15, 0.2) is 5.01 Å². The van der Waals surface area contributed by atoms with E-state index in [1.54, 1.807) is 13.8 Å². The fraction of sp³-hybridized carbons (Fsp3) is 0.429. The summed E-state index contributed by atoms with van der Waals surface area (Å²) in [7, 11) is -3.80. The average molecular weight is 421 g/mol. The minimum atomic E-state index is -3.80. The molecule has 1 amide bonds. The number of carbonyl (C=O) groups is 1. The van der Waals surface area contributed by atoms with Crippen LogP contribution in [0.3, 0.4) is 0 Å². The van der Waals surface area contributed by atoms with Crippen LogP contribution in [0.4, 0.5) is 13.9 Å². The Bertz CT molecular complexity index is 970. The quantitative estimate of drug-likeness (QED) is 0.687. The lowest BCUT2D eigenvalue weighted by molar-refractivity contribution is -0.116. The van der Waals surface area contributed by atoms with Gasteiger partial charge in [-0.25, -0.2) is 17.2 Å². The Balaban J connectivity index is 2.20. The first kappa shape index (κ1) is 21.1. The highest BCUT2D eigenvalue weighted by Gasteiger charge is 2.23. The van der Waals surface area contributed by atoms with Gasteiger partial charge in [-0.05, 0) is 6.07 Å². The monoisotopic (exact) mass is 421 g/mol. The van der Waals surface area contributed by atoms with Crippen LogP contribution in [0.15, 0.2) is 28.0 Å². The number of anilines is 1. The smallest absolute Gasteiger partial charge is 0.291 e. The lowest BCUT2D eigenvalue weighted by Crippen LogP contribution is -2.33. The highest BCUT2D eigenvalue weighted by atomic mass is 32.2. The SMILES string of the molecule is CCN(CC)S(=O)(=O)c1ccc(=O)n(CC(=O)Nc2nnc(C(F)F)s2)c1. The highest BCUT2D eigenvalue weighted by molar-refractivity contribution is 7.89. The van der Waals surface area contributed by atoms with Crippen molar-refractivity contribution in [1.82, 2.24) is 19.1 Å². The zero-order chi connectivity index (χ0) is 20.2. The zero-order valence-electron chi connectivity index (χ0n) is 14.4. The van der Waals surface area contributed by atoms with Crippen molar-refractivity contribution in [2.75, 3.05) is 18.4 Å². The summed E-state index contributed by atoms with van der Waals surface area (Å²) < 4.78 is 52.2. The number of hydrogen-bond acceptors (Lipinski definition) is 7. The molecule has 0 aliphatic heterocycles. The second-order valence-corrected chi connectivity index (χ2v) is 8.16.